The van der Waals surface area contributed by atoms with Crippen LogP contribution in [0.4, 0.5) is 10.1 Å². The summed E-state index contributed by atoms with van der Waals surface area (Å²) in [5.74, 6) is 0.0119. The Balaban J connectivity index is 1.90. The van der Waals surface area contributed by atoms with Crippen LogP contribution in [0.15, 0.2) is 24.3 Å². The topological polar surface area (TPSA) is 20.3 Å². The number of carbonyl (C=O) groups is 1. The van der Waals surface area contributed by atoms with Gasteiger partial charge in [-0.15, -0.1) is 0 Å². The Bertz CT molecular complexity index is 450. The fourth-order valence-electron chi connectivity index (χ4n) is 2.86. The van der Waals surface area contributed by atoms with E-state index in [9.17, 15) is 9.18 Å². The maximum Gasteiger partial charge on any atom is 0.229 e. The van der Waals surface area contributed by atoms with Crippen LogP contribution in [0, 0.1) is 17.2 Å². The third-order valence-corrected chi connectivity index (χ3v) is 4.02. The van der Waals surface area contributed by atoms with E-state index in [2.05, 4.69) is 0 Å². The Labute approximate surface area is 100 Å². The maximum atomic E-state index is 12.9. The van der Waals surface area contributed by atoms with Gasteiger partial charge in [0, 0.05) is 18.2 Å². The molecule has 1 saturated carbocycles. The van der Waals surface area contributed by atoms with Crippen LogP contribution in [0.1, 0.15) is 26.2 Å². The summed E-state index contributed by atoms with van der Waals surface area (Å²) in [6.07, 6.45) is 3.47. The molecule has 1 aliphatic carbocycles. The van der Waals surface area contributed by atoms with Gasteiger partial charge in [-0.25, -0.2) is 4.39 Å². The van der Waals surface area contributed by atoms with Gasteiger partial charge < -0.3 is 4.90 Å². The summed E-state index contributed by atoms with van der Waals surface area (Å²) in [7, 11) is 0. The van der Waals surface area contributed by atoms with Crippen molar-refractivity contribution in [3.8, 4) is 0 Å². The van der Waals surface area contributed by atoms with Crippen LogP contribution in [-0.4, -0.2) is 12.5 Å². The third-order valence-electron chi connectivity index (χ3n) is 4.02. The van der Waals surface area contributed by atoms with Gasteiger partial charge in [-0.05, 0) is 48.9 Å². The van der Waals surface area contributed by atoms with Gasteiger partial charge in [-0.1, -0.05) is 6.92 Å². The van der Waals surface area contributed by atoms with Crippen LogP contribution in [0.25, 0.3) is 0 Å². The maximum absolute atomic E-state index is 12.9. The molecule has 0 bridgehead atoms. The summed E-state index contributed by atoms with van der Waals surface area (Å²) in [6.45, 7) is 2.81. The second-order valence-electron chi connectivity index (χ2n) is 5.51. The lowest BCUT2D eigenvalue weighted by Crippen LogP contribution is -2.45. The van der Waals surface area contributed by atoms with Gasteiger partial charge in [0.2, 0.25) is 5.91 Å². The largest absolute Gasteiger partial charge is 0.312 e. The standard InChI is InChI=1S/C14H16FNO/c1-10-8-14(6-7-14)9-16(13(10)17)12-4-2-11(15)3-5-12/h2-5,10H,6-9H2,1H3. The molecule has 3 rings (SSSR count). The summed E-state index contributed by atoms with van der Waals surface area (Å²) in [5, 5.41) is 0. The zero-order chi connectivity index (χ0) is 12.0. The predicted octanol–water partition coefficient (Wildman–Crippen LogP) is 2.98. The molecule has 1 saturated heterocycles. The lowest BCUT2D eigenvalue weighted by molar-refractivity contribution is -0.124. The molecule has 1 aliphatic heterocycles. The molecule has 0 N–H and O–H groups in total. The lowest BCUT2D eigenvalue weighted by Gasteiger charge is -2.36. The molecular weight excluding hydrogens is 217 g/mol. The highest BCUT2D eigenvalue weighted by Crippen LogP contribution is 2.54. The van der Waals surface area contributed by atoms with Gasteiger partial charge >= 0.3 is 0 Å². The van der Waals surface area contributed by atoms with E-state index in [4.69, 9.17) is 0 Å². The number of carbonyl (C=O) groups excluding carboxylic acids is 1. The number of nitrogens with zero attached hydrogens (tertiary/aromatic N) is 1. The minimum Gasteiger partial charge on any atom is -0.312 e. The highest BCUT2D eigenvalue weighted by atomic mass is 19.1. The number of hydrogen-bond acceptors (Lipinski definition) is 1. The summed E-state index contributed by atoms with van der Waals surface area (Å²) in [6, 6.07) is 6.23. The molecule has 1 aromatic carbocycles. The van der Waals surface area contributed by atoms with Gasteiger partial charge in [0.25, 0.3) is 0 Å². The molecule has 90 valence electrons. The number of anilines is 1. The minimum absolute atomic E-state index is 0.0938. The molecule has 1 aromatic rings. The molecule has 17 heavy (non-hydrogen) atoms. The smallest absolute Gasteiger partial charge is 0.229 e. The molecular formula is C14H16FNO. The second-order valence-corrected chi connectivity index (χ2v) is 5.51. The highest BCUT2D eigenvalue weighted by Gasteiger charge is 2.50. The molecule has 2 nitrogen and oxygen atoms in total. The van der Waals surface area contributed by atoms with E-state index in [0.29, 0.717) is 5.41 Å². The fourth-order valence-corrected chi connectivity index (χ4v) is 2.86. The van der Waals surface area contributed by atoms with E-state index in [1.807, 2.05) is 11.8 Å². The number of hydrogen-bond donors (Lipinski definition) is 0. The molecule has 0 aromatic heterocycles. The Kier molecular flexibility index (Phi) is 2.25. The van der Waals surface area contributed by atoms with Crippen molar-refractivity contribution in [3.05, 3.63) is 30.1 Å². The van der Waals surface area contributed by atoms with Crippen molar-refractivity contribution in [2.24, 2.45) is 11.3 Å². The normalized spacial score (nSPS) is 26.4. The zero-order valence-corrected chi connectivity index (χ0v) is 9.95. The molecule has 0 radical (unpaired) electrons. The first kappa shape index (κ1) is 10.8. The fraction of sp³-hybridized carbons (Fsp3) is 0.500. The van der Waals surface area contributed by atoms with Crippen molar-refractivity contribution < 1.29 is 9.18 Å². The first-order chi connectivity index (χ1) is 8.10. The van der Waals surface area contributed by atoms with Crippen molar-refractivity contribution in [1.29, 1.82) is 0 Å². The first-order valence-electron chi connectivity index (χ1n) is 6.17. The average molecular weight is 233 g/mol. The SMILES string of the molecule is CC1CC2(CC2)CN(c2ccc(F)cc2)C1=O. The molecule has 3 heteroatoms. The zero-order valence-electron chi connectivity index (χ0n) is 9.95. The van der Waals surface area contributed by atoms with Crippen molar-refractivity contribution in [1.82, 2.24) is 0 Å². The van der Waals surface area contributed by atoms with Gasteiger partial charge in [-0.2, -0.15) is 0 Å². The molecule has 2 fully saturated rings. The molecule has 2 aliphatic rings. The molecule has 1 spiro atoms. The summed E-state index contributed by atoms with van der Waals surface area (Å²) >= 11 is 0. The molecule has 1 heterocycles. The summed E-state index contributed by atoms with van der Waals surface area (Å²) in [4.78, 5) is 14.0. The van der Waals surface area contributed by atoms with Crippen LogP contribution in [-0.2, 0) is 4.79 Å². The van der Waals surface area contributed by atoms with E-state index in [-0.39, 0.29) is 17.6 Å². The number of benzene rings is 1. The van der Waals surface area contributed by atoms with E-state index in [1.54, 1.807) is 12.1 Å². The van der Waals surface area contributed by atoms with Crippen LogP contribution < -0.4 is 4.90 Å². The average Bonchev–Trinajstić information content (AvgIpc) is 3.05. The van der Waals surface area contributed by atoms with Crippen molar-refractivity contribution in [2.75, 3.05) is 11.4 Å². The summed E-state index contributed by atoms with van der Waals surface area (Å²) < 4.78 is 12.9. The third kappa shape index (κ3) is 1.84. The van der Waals surface area contributed by atoms with E-state index in [1.165, 1.54) is 25.0 Å². The van der Waals surface area contributed by atoms with Gasteiger partial charge in [0.05, 0.1) is 0 Å². The van der Waals surface area contributed by atoms with E-state index in [0.717, 1.165) is 18.7 Å². The molecule has 1 atom stereocenters. The van der Waals surface area contributed by atoms with Gasteiger partial charge in [0.1, 0.15) is 5.82 Å². The number of rotatable bonds is 1. The van der Waals surface area contributed by atoms with Crippen molar-refractivity contribution in [2.45, 2.75) is 26.2 Å². The van der Waals surface area contributed by atoms with Crippen LogP contribution in [0.2, 0.25) is 0 Å². The van der Waals surface area contributed by atoms with E-state index < -0.39 is 0 Å². The predicted molar refractivity (Wildman–Crippen MR) is 64.2 cm³/mol. The Morgan fingerprint density at radius 1 is 1.29 bits per heavy atom. The number of piperidine rings is 1. The molecule has 1 amide bonds. The van der Waals surface area contributed by atoms with Gasteiger partial charge in [0.15, 0.2) is 0 Å². The molecule has 1 unspecified atom stereocenters. The highest BCUT2D eigenvalue weighted by molar-refractivity contribution is 5.96. The lowest BCUT2D eigenvalue weighted by atomic mass is 9.87. The number of amides is 1. The quantitative estimate of drug-likeness (QED) is 0.730. The monoisotopic (exact) mass is 233 g/mol. The second kappa shape index (κ2) is 3.56. The Morgan fingerprint density at radius 3 is 2.53 bits per heavy atom. The van der Waals surface area contributed by atoms with Crippen LogP contribution in [0.5, 0.6) is 0 Å². The van der Waals surface area contributed by atoms with Crippen LogP contribution in [0.3, 0.4) is 0 Å². The first-order valence-corrected chi connectivity index (χ1v) is 6.17. The Morgan fingerprint density at radius 2 is 1.94 bits per heavy atom. The van der Waals surface area contributed by atoms with E-state index >= 15 is 0 Å². The summed E-state index contributed by atoms with van der Waals surface area (Å²) in [5.41, 5.74) is 1.19. The number of halogens is 1. The van der Waals surface area contributed by atoms with Crippen molar-refractivity contribution >= 4 is 11.6 Å². The van der Waals surface area contributed by atoms with Crippen LogP contribution >= 0.6 is 0 Å². The Hall–Kier alpha value is -1.38. The van der Waals surface area contributed by atoms with Gasteiger partial charge in [-0.3, -0.25) is 4.79 Å². The minimum atomic E-state index is -0.257. The van der Waals surface area contributed by atoms with Crippen molar-refractivity contribution in [3.63, 3.8) is 0 Å².